The first-order valence-electron chi connectivity index (χ1n) is 4.55. The Kier molecular flexibility index (Phi) is 3.37. The summed E-state index contributed by atoms with van der Waals surface area (Å²) >= 11 is 0. The van der Waals surface area contributed by atoms with E-state index in [9.17, 15) is 0 Å². The van der Waals surface area contributed by atoms with Gasteiger partial charge in [-0.05, 0) is 20.3 Å². The van der Waals surface area contributed by atoms with E-state index in [4.69, 9.17) is 6.42 Å². The van der Waals surface area contributed by atoms with Crippen LogP contribution in [0.3, 0.4) is 0 Å². The summed E-state index contributed by atoms with van der Waals surface area (Å²) in [6, 6.07) is 0. The van der Waals surface area contributed by atoms with Gasteiger partial charge in [0.15, 0.2) is 0 Å². The summed E-state index contributed by atoms with van der Waals surface area (Å²) in [5, 5.41) is 0. The van der Waals surface area contributed by atoms with Crippen molar-refractivity contribution in [3.63, 3.8) is 0 Å². The molecule has 0 bridgehead atoms. The Morgan fingerprint density at radius 2 is 2.17 bits per heavy atom. The Labute approximate surface area is 75.5 Å². The van der Waals surface area contributed by atoms with Gasteiger partial charge in [0, 0.05) is 26.1 Å². The Morgan fingerprint density at radius 1 is 1.42 bits per heavy atom. The Bertz CT molecular complexity index is 220. The average molecular weight is 163 g/mol. The lowest BCUT2D eigenvalue weighted by Crippen LogP contribution is -2.31. The minimum atomic E-state index is 0.881. The summed E-state index contributed by atoms with van der Waals surface area (Å²) in [6.45, 7) is 7.81. The largest absolute Gasteiger partial charge is 0.298 e. The van der Waals surface area contributed by atoms with E-state index in [0.717, 1.165) is 19.5 Å². The molecule has 0 amide bonds. The number of hydrogen-bond donors (Lipinski definition) is 0. The van der Waals surface area contributed by atoms with Crippen LogP contribution in [0.1, 0.15) is 26.7 Å². The molecule has 0 aliphatic carbocycles. The fourth-order valence-corrected chi connectivity index (χ4v) is 1.50. The van der Waals surface area contributed by atoms with Crippen LogP contribution >= 0.6 is 0 Å². The van der Waals surface area contributed by atoms with Gasteiger partial charge < -0.3 is 0 Å². The first-order valence-corrected chi connectivity index (χ1v) is 4.55. The van der Waals surface area contributed by atoms with Gasteiger partial charge in [-0.15, -0.1) is 12.3 Å². The first kappa shape index (κ1) is 9.35. The molecule has 0 radical (unpaired) electrons. The van der Waals surface area contributed by atoms with Gasteiger partial charge in [0.1, 0.15) is 0 Å². The molecule has 1 aliphatic rings. The maximum absolute atomic E-state index is 5.22. The van der Waals surface area contributed by atoms with Crippen molar-refractivity contribution >= 4 is 0 Å². The molecule has 1 rings (SSSR count). The minimum Gasteiger partial charge on any atom is -0.298 e. The molecule has 0 aromatic rings. The van der Waals surface area contributed by atoms with Crippen molar-refractivity contribution < 1.29 is 0 Å². The summed E-state index contributed by atoms with van der Waals surface area (Å²) in [7, 11) is 0. The van der Waals surface area contributed by atoms with Gasteiger partial charge in [-0.3, -0.25) is 4.90 Å². The molecule has 0 aromatic heterocycles. The molecule has 1 heteroatoms. The normalized spacial score (nSPS) is 19.4. The third kappa shape index (κ3) is 2.39. The summed E-state index contributed by atoms with van der Waals surface area (Å²) < 4.78 is 0. The molecule has 0 saturated heterocycles. The Balaban J connectivity index is 2.39. The number of rotatable bonds is 2. The third-order valence-corrected chi connectivity index (χ3v) is 2.56. The van der Waals surface area contributed by atoms with Crippen LogP contribution in [-0.4, -0.2) is 24.5 Å². The van der Waals surface area contributed by atoms with Crippen molar-refractivity contribution in [2.24, 2.45) is 0 Å². The van der Waals surface area contributed by atoms with Crippen LogP contribution < -0.4 is 0 Å². The van der Waals surface area contributed by atoms with Gasteiger partial charge in [0.25, 0.3) is 0 Å². The topological polar surface area (TPSA) is 3.24 Å². The number of nitrogens with zero attached hydrogens (tertiary/aromatic N) is 1. The summed E-state index contributed by atoms with van der Waals surface area (Å²) in [5.74, 6) is 2.68. The van der Waals surface area contributed by atoms with Crippen LogP contribution in [0.15, 0.2) is 11.1 Å². The van der Waals surface area contributed by atoms with Crippen molar-refractivity contribution in [1.82, 2.24) is 4.90 Å². The lowest BCUT2D eigenvalue weighted by molar-refractivity contribution is 0.292. The van der Waals surface area contributed by atoms with E-state index < -0.39 is 0 Å². The molecule has 0 spiro atoms. The fraction of sp³-hybridized carbons (Fsp3) is 0.636. The Hall–Kier alpha value is -0.740. The lowest BCUT2D eigenvalue weighted by Gasteiger charge is -2.27. The summed E-state index contributed by atoms with van der Waals surface area (Å²) in [6.07, 6.45) is 7.32. The van der Waals surface area contributed by atoms with Crippen molar-refractivity contribution in [3.05, 3.63) is 11.1 Å². The average Bonchev–Trinajstić information content (AvgIpc) is 2.07. The highest BCUT2D eigenvalue weighted by Crippen LogP contribution is 2.16. The van der Waals surface area contributed by atoms with E-state index in [0.29, 0.717) is 0 Å². The van der Waals surface area contributed by atoms with Crippen molar-refractivity contribution in [2.45, 2.75) is 26.7 Å². The monoisotopic (exact) mass is 163 g/mol. The quantitative estimate of drug-likeness (QED) is 0.445. The zero-order valence-electron chi connectivity index (χ0n) is 8.06. The van der Waals surface area contributed by atoms with Crippen LogP contribution in [0.25, 0.3) is 0 Å². The van der Waals surface area contributed by atoms with Crippen molar-refractivity contribution in [2.75, 3.05) is 19.6 Å². The van der Waals surface area contributed by atoms with Gasteiger partial charge in [-0.25, -0.2) is 0 Å². The first-order chi connectivity index (χ1) is 5.74. The minimum absolute atomic E-state index is 0.881. The summed E-state index contributed by atoms with van der Waals surface area (Å²) in [5.41, 5.74) is 3.09. The molecule has 0 saturated carbocycles. The highest BCUT2D eigenvalue weighted by molar-refractivity contribution is 5.14. The number of hydrogen-bond acceptors (Lipinski definition) is 1. The van der Waals surface area contributed by atoms with E-state index in [1.165, 1.54) is 18.5 Å². The molecule has 1 nitrogen and oxygen atoms in total. The molecule has 0 aromatic carbocycles. The van der Waals surface area contributed by atoms with Gasteiger partial charge >= 0.3 is 0 Å². The van der Waals surface area contributed by atoms with Gasteiger partial charge in [0.05, 0.1) is 0 Å². The molecule has 0 unspecified atom stereocenters. The molecule has 0 N–H and O–H groups in total. The molecule has 12 heavy (non-hydrogen) atoms. The highest BCUT2D eigenvalue weighted by Gasteiger charge is 2.12. The second-order valence-corrected chi connectivity index (χ2v) is 3.54. The standard InChI is InChI=1S/C11H17N/c1-4-5-7-12-8-6-10(2)11(3)9-12/h1H,5-9H2,2-3H3. The predicted octanol–water partition coefficient (Wildman–Crippen LogP) is 2.05. The number of terminal acetylenes is 1. The summed E-state index contributed by atoms with van der Waals surface area (Å²) in [4.78, 5) is 2.43. The van der Waals surface area contributed by atoms with E-state index in [1.807, 2.05) is 0 Å². The van der Waals surface area contributed by atoms with Crippen LogP contribution in [0.5, 0.6) is 0 Å². The smallest absolute Gasteiger partial charge is 0.0214 e. The van der Waals surface area contributed by atoms with Crippen molar-refractivity contribution in [1.29, 1.82) is 0 Å². The van der Waals surface area contributed by atoms with E-state index in [2.05, 4.69) is 24.7 Å². The molecular formula is C11H17N. The second-order valence-electron chi connectivity index (χ2n) is 3.54. The molecular weight excluding hydrogens is 146 g/mol. The zero-order valence-corrected chi connectivity index (χ0v) is 8.06. The van der Waals surface area contributed by atoms with Gasteiger partial charge in [0.2, 0.25) is 0 Å². The zero-order chi connectivity index (χ0) is 8.97. The van der Waals surface area contributed by atoms with E-state index in [1.54, 1.807) is 5.57 Å². The maximum Gasteiger partial charge on any atom is 0.0214 e. The third-order valence-electron chi connectivity index (χ3n) is 2.56. The van der Waals surface area contributed by atoms with Crippen LogP contribution in [-0.2, 0) is 0 Å². The molecule has 66 valence electrons. The van der Waals surface area contributed by atoms with Crippen LogP contribution in [0.2, 0.25) is 0 Å². The van der Waals surface area contributed by atoms with Crippen LogP contribution in [0, 0.1) is 12.3 Å². The maximum atomic E-state index is 5.22. The fourth-order valence-electron chi connectivity index (χ4n) is 1.50. The SMILES string of the molecule is C#CCCN1CCC(C)=C(C)C1. The molecule has 0 atom stereocenters. The van der Waals surface area contributed by atoms with Crippen molar-refractivity contribution in [3.8, 4) is 12.3 Å². The lowest BCUT2D eigenvalue weighted by atomic mass is 10.0. The molecule has 1 heterocycles. The second kappa shape index (κ2) is 4.33. The van der Waals surface area contributed by atoms with Crippen LogP contribution in [0.4, 0.5) is 0 Å². The highest BCUT2D eigenvalue weighted by atomic mass is 15.1. The predicted molar refractivity (Wildman–Crippen MR) is 52.9 cm³/mol. The van der Waals surface area contributed by atoms with E-state index >= 15 is 0 Å². The van der Waals surface area contributed by atoms with Gasteiger partial charge in [-0.2, -0.15) is 0 Å². The molecule has 1 aliphatic heterocycles. The van der Waals surface area contributed by atoms with Gasteiger partial charge in [-0.1, -0.05) is 11.1 Å². The molecule has 0 fully saturated rings. The Morgan fingerprint density at radius 3 is 2.75 bits per heavy atom. The van der Waals surface area contributed by atoms with E-state index in [-0.39, 0.29) is 0 Å².